The van der Waals surface area contributed by atoms with E-state index in [-0.39, 0.29) is 6.04 Å². The highest BCUT2D eigenvalue weighted by Crippen LogP contribution is 2.39. The van der Waals surface area contributed by atoms with Crippen LogP contribution in [0.25, 0.3) is 0 Å². The summed E-state index contributed by atoms with van der Waals surface area (Å²) in [4.78, 5) is 11.1. The van der Waals surface area contributed by atoms with E-state index in [1.165, 1.54) is 12.8 Å². The molecule has 1 aliphatic heterocycles. The first-order chi connectivity index (χ1) is 9.22. The summed E-state index contributed by atoms with van der Waals surface area (Å²) in [5.74, 6) is 1.01. The van der Waals surface area contributed by atoms with Crippen LogP contribution in [0.15, 0.2) is 6.33 Å². The second-order valence-electron chi connectivity index (χ2n) is 5.77. The van der Waals surface area contributed by atoms with Crippen LogP contribution in [-0.4, -0.2) is 43.9 Å². The average Bonchev–Trinajstić information content (AvgIpc) is 2.90. The zero-order valence-corrected chi connectivity index (χ0v) is 10.8. The van der Waals surface area contributed by atoms with Crippen LogP contribution in [-0.2, 0) is 11.3 Å². The summed E-state index contributed by atoms with van der Waals surface area (Å²) >= 11 is 0. The molecule has 0 aromatic carbocycles. The van der Waals surface area contributed by atoms with Gasteiger partial charge in [-0.05, 0) is 60.4 Å². The molecule has 7 nitrogen and oxygen atoms in total. The van der Waals surface area contributed by atoms with E-state index in [0.29, 0.717) is 17.8 Å². The standard InChI is InChI=1S/C12H19N5O2/c18-12(19)11-4-10-3-8(1-2-9(10)5-13-11)6-17-7-14-15-16-17/h7-11,13H,1-6H2,(H,18,19). The van der Waals surface area contributed by atoms with Crippen molar-refractivity contribution in [1.29, 1.82) is 0 Å². The van der Waals surface area contributed by atoms with Crippen LogP contribution in [0.5, 0.6) is 0 Å². The van der Waals surface area contributed by atoms with Crippen LogP contribution in [0.4, 0.5) is 0 Å². The van der Waals surface area contributed by atoms with Gasteiger partial charge in [0.2, 0.25) is 0 Å². The van der Waals surface area contributed by atoms with Gasteiger partial charge in [-0.2, -0.15) is 0 Å². The second kappa shape index (κ2) is 5.24. The minimum atomic E-state index is -0.721. The van der Waals surface area contributed by atoms with Crippen LogP contribution in [0, 0.1) is 17.8 Å². The van der Waals surface area contributed by atoms with Gasteiger partial charge in [-0.25, -0.2) is 4.68 Å². The summed E-state index contributed by atoms with van der Waals surface area (Å²) in [7, 11) is 0. The Morgan fingerprint density at radius 2 is 2.26 bits per heavy atom. The van der Waals surface area contributed by atoms with Gasteiger partial charge in [0.25, 0.3) is 0 Å². The van der Waals surface area contributed by atoms with Crippen LogP contribution < -0.4 is 5.32 Å². The molecule has 4 atom stereocenters. The summed E-state index contributed by atoms with van der Waals surface area (Å²) < 4.78 is 1.78. The van der Waals surface area contributed by atoms with E-state index in [1.54, 1.807) is 11.0 Å². The number of carboxylic acids is 1. The maximum Gasteiger partial charge on any atom is 0.320 e. The molecule has 0 amide bonds. The van der Waals surface area contributed by atoms with Crippen molar-refractivity contribution in [2.45, 2.75) is 38.3 Å². The molecule has 2 N–H and O–H groups in total. The topological polar surface area (TPSA) is 92.9 Å². The molecule has 0 radical (unpaired) electrons. The van der Waals surface area contributed by atoms with Crippen molar-refractivity contribution in [2.75, 3.05) is 6.54 Å². The molecule has 2 fully saturated rings. The molecule has 1 aromatic heterocycles. The molecule has 7 heteroatoms. The van der Waals surface area contributed by atoms with Crippen LogP contribution >= 0.6 is 0 Å². The largest absolute Gasteiger partial charge is 0.480 e. The van der Waals surface area contributed by atoms with Gasteiger partial charge in [0.15, 0.2) is 0 Å². The third-order valence-corrected chi connectivity index (χ3v) is 4.55. The lowest BCUT2D eigenvalue weighted by atomic mass is 9.69. The van der Waals surface area contributed by atoms with Crippen LogP contribution in [0.3, 0.4) is 0 Å². The third-order valence-electron chi connectivity index (χ3n) is 4.55. The Labute approximate surface area is 111 Å². The van der Waals surface area contributed by atoms with Crippen molar-refractivity contribution in [3.63, 3.8) is 0 Å². The van der Waals surface area contributed by atoms with Crippen LogP contribution in [0.2, 0.25) is 0 Å². The smallest absolute Gasteiger partial charge is 0.320 e. The number of carboxylic acid groups (broad SMARTS) is 1. The quantitative estimate of drug-likeness (QED) is 0.808. The van der Waals surface area contributed by atoms with E-state index < -0.39 is 5.97 Å². The zero-order chi connectivity index (χ0) is 13.2. The molecule has 1 saturated heterocycles. The minimum Gasteiger partial charge on any atom is -0.480 e. The van der Waals surface area contributed by atoms with Crippen molar-refractivity contribution in [1.82, 2.24) is 25.5 Å². The number of carbonyl (C=O) groups is 1. The number of nitrogens with one attached hydrogen (secondary N) is 1. The first-order valence-electron chi connectivity index (χ1n) is 6.89. The highest BCUT2D eigenvalue weighted by molar-refractivity contribution is 5.73. The summed E-state index contributed by atoms with van der Waals surface area (Å²) in [5.41, 5.74) is 0. The molecule has 104 valence electrons. The van der Waals surface area contributed by atoms with Gasteiger partial charge >= 0.3 is 5.97 Å². The molecule has 0 bridgehead atoms. The van der Waals surface area contributed by atoms with Gasteiger partial charge in [0, 0.05) is 6.54 Å². The highest BCUT2D eigenvalue weighted by Gasteiger charge is 2.37. The number of aliphatic carboxylic acids is 1. The third kappa shape index (κ3) is 2.75. The molecule has 3 rings (SSSR count). The van der Waals surface area contributed by atoms with E-state index in [2.05, 4.69) is 20.8 Å². The van der Waals surface area contributed by atoms with E-state index in [9.17, 15) is 4.79 Å². The molecule has 19 heavy (non-hydrogen) atoms. The number of piperidine rings is 1. The number of rotatable bonds is 3. The Balaban J connectivity index is 1.59. The molecule has 4 unspecified atom stereocenters. The van der Waals surface area contributed by atoms with E-state index in [4.69, 9.17) is 5.11 Å². The second-order valence-corrected chi connectivity index (χ2v) is 5.77. The number of fused-ring (bicyclic) bond motifs is 1. The summed E-state index contributed by atoms with van der Waals surface area (Å²) in [6, 6.07) is -0.368. The highest BCUT2D eigenvalue weighted by atomic mass is 16.4. The maximum atomic E-state index is 11.1. The first-order valence-corrected chi connectivity index (χ1v) is 6.89. The SMILES string of the molecule is O=C(O)C1CC2CC(Cn3cnnn3)CCC2CN1. The number of aromatic nitrogens is 4. The Kier molecular flexibility index (Phi) is 3.46. The molecule has 1 saturated carbocycles. The van der Waals surface area contributed by atoms with Crippen molar-refractivity contribution < 1.29 is 9.90 Å². The van der Waals surface area contributed by atoms with E-state index in [0.717, 1.165) is 25.9 Å². The van der Waals surface area contributed by atoms with Crippen molar-refractivity contribution >= 4 is 5.97 Å². The number of hydrogen-bond donors (Lipinski definition) is 2. The predicted octanol–water partition coefficient (Wildman–Crippen LogP) is 0.152. The fraction of sp³-hybridized carbons (Fsp3) is 0.833. The number of tetrazole rings is 1. The van der Waals surface area contributed by atoms with Crippen molar-refractivity contribution in [3.8, 4) is 0 Å². The van der Waals surface area contributed by atoms with Gasteiger partial charge in [0.05, 0.1) is 0 Å². The average molecular weight is 265 g/mol. The normalized spacial score (nSPS) is 34.7. The molecule has 2 heterocycles. The lowest BCUT2D eigenvalue weighted by Gasteiger charge is -2.41. The Bertz CT molecular complexity index is 435. The van der Waals surface area contributed by atoms with E-state index >= 15 is 0 Å². The predicted molar refractivity (Wildman–Crippen MR) is 66.2 cm³/mol. The number of hydrogen-bond acceptors (Lipinski definition) is 5. The maximum absolute atomic E-state index is 11.1. The fourth-order valence-electron chi connectivity index (χ4n) is 3.54. The Morgan fingerprint density at radius 3 is 3.00 bits per heavy atom. The lowest BCUT2D eigenvalue weighted by molar-refractivity contribution is -0.141. The van der Waals surface area contributed by atoms with Gasteiger partial charge in [-0.3, -0.25) is 4.79 Å². The molecule has 1 aromatic rings. The van der Waals surface area contributed by atoms with Crippen molar-refractivity contribution in [2.24, 2.45) is 17.8 Å². The van der Waals surface area contributed by atoms with E-state index in [1.807, 2.05) is 0 Å². The lowest BCUT2D eigenvalue weighted by Crippen LogP contribution is -2.49. The Hall–Kier alpha value is -1.50. The molecule has 1 aliphatic carbocycles. The first kappa shape index (κ1) is 12.5. The summed E-state index contributed by atoms with van der Waals surface area (Å²) in [6.07, 6.45) is 5.86. The molecular weight excluding hydrogens is 246 g/mol. The van der Waals surface area contributed by atoms with Crippen LogP contribution in [0.1, 0.15) is 25.7 Å². The van der Waals surface area contributed by atoms with Gasteiger partial charge in [-0.1, -0.05) is 0 Å². The summed E-state index contributed by atoms with van der Waals surface area (Å²) in [5, 5.41) is 23.5. The fourth-order valence-corrected chi connectivity index (χ4v) is 3.54. The summed E-state index contributed by atoms with van der Waals surface area (Å²) in [6.45, 7) is 1.70. The molecular formula is C12H19N5O2. The molecule has 2 aliphatic rings. The number of nitrogens with zero attached hydrogens (tertiary/aromatic N) is 4. The Morgan fingerprint density at radius 1 is 1.37 bits per heavy atom. The monoisotopic (exact) mass is 265 g/mol. The minimum absolute atomic E-state index is 0.368. The molecule has 0 spiro atoms. The van der Waals surface area contributed by atoms with Gasteiger partial charge < -0.3 is 10.4 Å². The van der Waals surface area contributed by atoms with Gasteiger partial charge in [0.1, 0.15) is 12.4 Å². The van der Waals surface area contributed by atoms with Gasteiger partial charge in [-0.15, -0.1) is 5.10 Å². The van der Waals surface area contributed by atoms with Crippen molar-refractivity contribution in [3.05, 3.63) is 6.33 Å². The zero-order valence-electron chi connectivity index (χ0n) is 10.8.